The molecule has 0 atom stereocenters. The summed E-state index contributed by atoms with van der Waals surface area (Å²) in [5.74, 6) is 0.863. The average Bonchev–Trinajstić information content (AvgIpc) is 2.99. The molecule has 1 aromatic carbocycles. The largest absolute Gasteiger partial charge is 0.468 e. The zero-order chi connectivity index (χ0) is 13.8. The highest BCUT2D eigenvalue weighted by atomic mass is 16.3. The van der Waals surface area contributed by atoms with Crippen molar-refractivity contribution < 1.29 is 4.42 Å². The molecule has 0 unspecified atom stereocenters. The molecule has 20 heavy (non-hydrogen) atoms. The maximum absolute atomic E-state index is 12.2. The van der Waals surface area contributed by atoms with E-state index in [1.807, 2.05) is 24.3 Å². The minimum atomic E-state index is -0.115. The summed E-state index contributed by atoms with van der Waals surface area (Å²) in [5.41, 5.74) is 0.507. The SMILES string of the molecule is O=c1c2ccccc2nnn1CCNCc1ccco1. The summed E-state index contributed by atoms with van der Waals surface area (Å²) < 4.78 is 6.58. The predicted octanol–water partition coefficient (Wildman–Crippen LogP) is 1.17. The highest BCUT2D eigenvalue weighted by Gasteiger charge is 2.04. The molecule has 0 amide bonds. The molecule has 0 aliphatic rings. The Hall–Kier alpha value is -2.47. The van der Waals surface area contributed by atoms with Gasteiger partial charge in [-0.1, -0.05) is 17.3 Å². The van der Waals surface area contributed by atoms with Crippen LogP contribution in [0.4, 0.5) is 0 Å². The number of hydrogen-bond donors (Lipinski definition) is 1. The topological polar surface area (TPSA) is 73.0 Å². The monoisotopic (exact) mass is 270 g/mol. The molecule has 0 radical (unpaired) electrons. The lowest BCUT2D eigenvalue weighted by atomic mass is 10.2. The van der Waals surface area contributed by atoms with Crippen LogP contribution >= 0.6 is 0 Å². The average molecular weight is 270 g/mol. The highest BCUT2D eigenvalue weighted by Crippen LogP contribution is 2.03. The zero-order valence-electron chi connectivity index (χ0n) is 10.8. The minimum Gasteiger partial charge on any atom is -0.468 e. The Bertz CT molecular complexity index is 749. The fourth-order valence-corrected chi connectivity index (χ4v) is 1.98. The van der Waals surface area contributed by atoms with E-state index in [0.717, 1.165) is 5.76 Å². The number of rotatable bonds is 5. The van der Waals surface area contributed by atoms with Crippen LogP contribution < -0.4 is 10.9 Å². The third kappa shape index (κ3) is 2.60. The van der Waals surface area contributed by atoms with E-state index in [1.165, 1.54) is 4.68 Å². The van der Waals surface area contributed by atoms with Crippen molar-refractivity contribution in [3.05, 3.63) is 58.8 Å². The number of aromatic nitrogens is 3. The maximum atomic E-state index is 12.2. The molecule has 0 fully saturated rings. The first-order chi connectivity index (χ1) is 9.84. The van der Waals surface area contributed by atoms with E-state index in [1.54, 1.807) is 18.4 Å². The second-order valence-electron chi connectivity index (χ2n) is 4.39. The third-order valence-electron chi connectivity index (χ3n) is 3.01. The van der Waals surface area contributed by atoms with Gasteiger partial charge in [-0.3, -0.25) is 4.79 Å². The van der Waals surface area contributed by atoms with E-state index in [0.29, 0.717) is 30.5 Å². The number of nitrogens with zero attached hydrogens (tertiary/aromatic N) is 3. The molecule has 2 aromatic heterocycles. The highest BCUT2D eigenvalue weighted by molar-refractivity contribution is 5.76. The van der Waals surface area contributed by atoms with Crippen LogP contribution in [0.25, 0.3) is 10.9 Å². The van der Waals surface area contributed by atoms with Crippen LogP contribution in [0.1, 0.15) is 5.76 Å². The van der Waals surface area contributed by atoms with Gasteiger partial charge in [0.1, 0.15) is 11.3 Å². The molecule has 6 heteroatoms. The van der Waals surface area contributed by atoms with Gasteiger partial charge in [-0.25, -0.2) is 4.68 Å². The predicted molar refractivity (Wildman–Crippen MR) is 74.2 cm³/mol. The van der Waals surface area contributed by atoms with E-state index in [2.05, 4.69) is 15.6 Å². The molecule has 102 valence electrons. The van der Waals surface area contributed by atoms with Crippen molar-refractivity contribution in [2.45, 2.75) is 13.1 Å². The lowest BCUT2D eigenvalue weighted by molar-refractivity contribution is 0.461. The van der Waals surface area contributed by atoms with E-state index in [9.17, 15) is 4.79 Å². The van der Waals surface area contributed by atoms with E-state index in [4.69, 9.17) is 4.42 Å². The normalized spacial score (nSPS) is 11.0. The number of hydrogen-bond acceptors (Lipinski definition) is 5. The lowest BCUT2D eigenvalue weighted by Gasteiger charge is -2.05. The summed E-state index contributed by atoms with van der Waals surface area (Å²) in [6, 6.07) is 10.9. The van der Waals surface area contributed by atoms with Gasteiger partial charge in [0.25, 0.3) is 5.56 Å². The van der Waals surface area contributed by atoms with Crippen LogP contribution in [0.2, 0.25) is 0 Å². The maximum Gasteiger partial charge on any atom is 0.277 e. The van der Waals surface area contributed by atoms with Gasteiger partial charge in [0.15, 0.2) is 0 Å². The summed E-state index contributed by atoms with van der Waals surface area (Å²) in [7, 11) is 0. The molecule has 0 spiro atoms. The van der Waals surface area contributed by atoms with Gasteiger partial charge < -0.3 is 9.73 Å². The molecule has 0 saturated carbocycles. The smallest absolute Gasteiger partial charge is 0.277 e. The molecular weight excluding hydrogens is 256 g/mol. The molecule has 1 N–H and O–H groups in total. The summed E-state index contributed by atoms with van der Waals surface area (Å²) in [5, 5.41) is 11.8. The van der Waals surface area contributed by atoms with E-state index >= 15 is 0 Å². The minimum absolute atomic E-state index is 0.115. The Kier molecular flexibility index (Phi) is 3.56. The second kappa shape index (κ2) is 5.66. The summed E-state index contributed by atoms with van der Waals surface area (Å²) >= 11 is 0. The van der Waals surface area contributed by atoms with Crippen molar-refractivity contribution in [2.75, 3.05) is 6.54 Å². The summed E-state index contributed by atoms with van der Waals surface area (Å²) in [6.07, 6.45) is 1.64. The molecule has 0 aliphatic carbocycles. The van der Waals surface area contributed by atoms with E-state index < -0.39 is 0 Å². The van der Waals surface area contributed by atoms with Crippen LogP contribution in [0.3, 0.4) is 0 Å². The van der Waals surface area contributed by atoms with E-state index in [-0.39, 0.29) is 5.56 Å². The van der Waals surface area contributed by atoms with Crippen LogP contribution in [-0.4, -0.2) is 21.5 Å². The number of benzene rings is 1. The van der Waals surface area contributed by atoms with Crippen molar-refractivity contribution >= 4 is 10.9 Å². The van der Waals surface area contributed by atoms with Crippen molar-refractivity contribution in [2.24, 2.45) is 0 Å². The quantitative estimate of drug-likeness (QED) is 0.705. The summed E-state index contributed by atoms with van der Waals surface area (Å²) in [4.78, 5) is 12.2. The van der Waals surface area contributed by atoms with Gasteiger partial charge in [-0.15, -0.1) is 5.10 Å². The van der Waals surface area contributed by atoms with Gasteiger partial charge in [-0.2, -0.15) is 0 Å². The van der Waals surface area contributed by atoms with Gasteiger partial charge in [0.05, 0.1) is 24.7 Å². The second-order valence-corrected chi connectivity index (χ2v) is 4.39. The van der Waals surface area contributed by atoms with Gasteiger partial charge >= 0.3 is 0 Å². The number of fused-ring (bicyclic) bond motifs is 1. The Balaban J connectivity index is 1.66. The first kappa shape index (κ1) is 12.6. The van der Waals surface area contributed by atoms with Crippen LogP contribution in [0.15, 0.2) is 51.9 Å². The van der Waals surface area contributed by atoms with Crippen molar-refractivity contribution in [1.82, 2.24) is 20.3 Å². The summed E-state index contributed by atoms with van der Waals surface area (Å²) in [6.45, 7) is 1.72. The fraction of sp³-hybridized carbons (Fsp3) is 0.214. The molecule has 2 heterocycles. The Labute approximate surface area is 115 Å². The fourth-order valence-electron chi connectivity index (χ4n) is 1.98. The van der Waals surface area contributed by atoms with Crippen molar-refractivity contribution in [3.8, 4) is 0 Å². The first-order valence-corrected chi connectivity index (χ1v) is 6.40. The van der Waals surface area contributed by atoms with Crippen molar-refractivity contribution in [1.29, 1.82) is 0 Å². The Morgan fingerprint density at radius 1 is 1.20 bits per heavy atom. The lowest BCUT2D eigenvalue weighted by Crippen LogP contribution is -2.29. The van der Waals surface area contributed by atoms with Gasteiger partial charge in [0, 0.05) is 6.54 Å². The number of furan rings is 1. The standard InChI is InChI=1S/C14H14N4O2/c19-14-12-5-1-2-6-13(12)16-17-18(14)8-7-15-10-11-4-3-9-20-11/h1-6,9,15H,7-8,10H2. The zero-order valence-corrected chi connectivity index (χ0v) is 10.8. The first-order valence-electron chi connectivity index (χ1n) is 6.40. The third-order valence-corrected chi connectivity index (χ3v) is 3.01. The molecule has 0 saturated heterocycles. The van der Waals surface area contributed by atoms with Crippen LogP contribution in [-0.2, 0) is 13.1 Å². The number of nitrogens with one attached hydrogen (secondary N) is 1. The molecule has 3 aromatic rings. The molecule has 0 bridgehead atoms. The molecule has 6 nitrogen and oxygen atoms in total. The Morgan fingerprint density at radius 2 is 2.10 bits per heavy atom. The van der Waals surface area contributed by atoms with Gasteiger partial charge in [0.2, 0.25) is 0 Å². The van der Waals surface area contributed by atoms with Gasteiger partial charge in [-0.05, 0) is 24.3 Å². The molecular formula is C14H14N4O2. The molecule has 3 rings (SSSR count). The van der Waals surface area contributed by atoms with Crippen molar-refractivity contribution in [3.63, 3.8) is 0 Å². The Morgan fingerprint density at radius 3 is 2.95 bits per heavy atom. The van der Waals surface area contributed by atoms with Crippen LogP contribution in [0.5, 0.6) is 0 Å². The van der Waals surface area contributed by atoms with Crippen LogP contribution in [0, 0.1) is 0 Å². The molecule has 0 aliphatic heterocycles.